The van der Waals surface area contributed by atoms with Gasteiger partial charge in [-0.15, -0.1) is 0 Å². The van der Waals surface area contributed by atoms with Crippen LogP contribution in [0.4, 0.5) is 13.2 Å². The first-order valence-corrected chi connectivity index (χ1v) is 9.17. The van der Waals surface area contributed by atoms with Crippen LogP contribution in [-0.2, 0) is 13.1 Å². The first kappa shape index (κ1) is 23.9. The smallest absolute Gasteiger partial charge is 0.422 e. The van der Waals surface area contributed by atoms with E-state index in [0.717, 1.165) is 11.1 Å². The molecule has 2 N–H and O–H groups in total. The number of nitrogens with one attached hydrogen (secondary N) is 2. The van der Waals surface area contributed by atoms with Gasteiger partial charge < -0.3 is 29.6 Å². The topological polar surface area (TPSA) is 86.2 Å². The lowest BCUT2D eigenvalue weighted by atomic mass is 10.2. The fraction of sp³-hybridized carbons (Fsp3) is 0.400. The Labute approximate surface area is 178 Å². The number of methoxy groups -OCH3 is 3. The average molecular weight is 442 g/mol. The van der Waals surface area contributed by atoms with Crippen LogP contribution in [0.1, 0.15) is 11.1 Å². The van der Waals surface area contributed by atoms with Crippen LogP contribution in [0, 0.1) is 0 Å². The highest BCUT2D eigenvalue weighted by atomic mass is 19.4. The van der Waals surface area contributed by atoms with Gasteiger partial charge in [-0.05, 0) is 23.3 Å². The largest absolute Gasteiger partial charge is 0.493 e. The minimum absolute atomic E-state index is 0.0917. The van der Waals surface area contributed by atoms with Gasteiger partial charge in [0.2, 0.25) is 11.6 Å². The van der Waals surface area contributed by atoms with Crippen LogP contribution in [0.25, 0.3) is 0 Å². The van der Waals surface area contributed by atoms with Crippen LogP contribution in [-0.4, -0.2) is 52.1 Å². The van der Waals surface area contributed by atoms with Crippen LogP contribution in [0.2, 0.25) is 0 Å². The summed E-state index contributed by atoms with van der Waals surface area (Å²) in [7, 11) is 6.25. The molecule has 0 bridgehead atoms. The zero-order valence-corrected chi connectivity index (χ0v) is 17.7. The maximum absolute atomic E-state index is 12.2. The predicted molar refractivity (Wildman–Crippen MR) is 109 cm³/mol. The number of hydrogen-bond donors (Lipinski definition) is 2. The number of rotatable bonds is 9. The Morgan fingerprint density at radius 3 is 2.03 bits per heavy atom. The molecule has 1 aromatic heterocycles. The fourth-order valence-electron chi connectivity index (χ4n) is 2.59. The van der Waals surface area contributed by atoms with Gasteiger partial charge in [0.05, 0.1) is 21.3 Å². The SMILES string of the molecule is CN=C(NCc1ccc(OCC(F)(F)F)nc1)NCc1cc(OC)c(OC)c(OC)c1. The van der Waals surface area contributed by atoms with Gasteiger partial charge in [-0.3, -0.25) is 4.99 Å². The molecule has 0 aliphatic rings. The molecule has 1 heterocycles. The molecule has 0 aliphatic heterocycles. The Morgan fingerprint density at radius 1 is 0.968 bits per heavy atom. The fourth-order valence-corrected chi connectivity index (χ4v) is 2.59. The highest BCUT2D eigenvalue weighted by molar-refractivity contribution is 5.79. The number of halogens is 3. The van der Waals surface area contributed by atoms with E-state index in [0.29, 0.717) is 36.3 Å². The number of pyridine rings is 1. The summed E-state index contributed by atoms with van der Waals surface area (Å²) in [6.45, 7) is -0.588. The number of alkyl halides is 3. The maximum atomic E-state index is 12.2. The van der Waals surface area contributed by atoms with E-state index in [4.69, 9.17) is 14.2 Å². The second kappa shape index (κ2) is 11.1. The lowest BCUT2D eigenvalue weighted by Gasteiger charge is -2.16. The molecule has 0 spiro atoms. The van der Waals surface area contributed by atoms with Gasteiger partial charge in [0, 0.05) is 32.4 Å². The quantitative estimate of drug-likeness (QED) is 0.456. The second-order valence-electron chi connectivity index (χ2n) is 6.22. The number of nitrogens with zero attached hydrogens (tertiary/aromatic N) is 2. The normalized spacial score (nSPS) is 11.6. The molecular formula is C20H25F3N4O4. The Kier molecular flexibility index (Phi) is 8.59. The summed E-state index contributed by atoms with van der Waals surface area (Å²) in [4.78, 5) is 8.02. The second-order valence-corrected chi connectivity index (χ2v) is 6.22. The Bertz CT molecular complexity index is 849. The van der Waals surface area contributed by atoms with E-state index in [1.165, 1.54) is 19.4 Å². The molecule has 0 unspecified atom stereocenters. The predicted octanol–water partition coefficient (Wildman–Crippen LogP) is 2.91. The third kappa shape index (κ3) is 7.43. The molecule has 0 atom stereocenters. The van der Waals surface area contributed by atoms with Crippen LogP contribution in [0.3, 0.4) is 0 Å². The van der Waals surface area contributed by atoms with Gasteiger partial charge in [-0.25, -0.2) is 4.98 Å². The summed E-state index contributed by atoms with van der Waals surface area (Å²) in [5.74, 6) is 2.02. The van der Waals surface area contributed by atoms with E-state index < -0.39 is 12.8 Å². The lowest BCUT2D eigenvalue weighted by molar-refractivity contribution is -0.154. The van der Waals surface area contributed by atoms with Crippen molar-refractivity contribution in [2.75, 3.05) is 35.0 Å². The Hall–Kier alpha value is -3.37. The standard InChI is InChI=1S/C20H25F3N4O4/c1-24-19(26-10-13-5-6-17(25-9-13)31-12-20(21,22)23)27-11-14-7-15(28-2)18(30-4)16(8-14)29-3/h5-9H,10-12H2,1-4H3,(H2,24,26,27). The Morgan fingerprint density at radius 2 is 1.58 bits per heavy atom. The summed E-state index contributed by atoms with van der Waals surface area (Å²) in [6.07, 6.45) is -2.97. The highest BCUT2D eigenvalue weighted by Gasteiger charge is 2.28. The number of guanidine groups is 1. The van der Waals surface area contributed by atoms with Crippen LogP contribution < -0.4 is 29.6 Å². The molecule has 0 saturated carbocycles. The van der Waals surface area contributed by atoms with Gasteiger partial charge in [0.15, 0.2) is 24.1 Å². The summed E-state index contributed by atoms with van der Waals surface area (Å²) in [5.41, 5.74) is 1.63. The van der Waals surface area contributed by atoms with Gasteiger partial charge in [-0.1, -0.05) is 6.07 Å². The zero-order valence-electron chi connectivity index (χ0n) is 17.7. The van der Waals surface area contributed by atoms with Crippen LogP contribution in [0.5, 0.6) is 23.1 Å². The molecule has 2 aromatic rings. The third-order valence-corrected chi connectivity index (χ3v) is 4.05. The van der Waals surface area contributed by atoms with Crippen molar-refractivity contribution in [1.82, 2.24) is 15.6 Å². The number of benzene rings is 1. The molecule has 170 valence electrons. The minimum Gasteiger partial charge on any atom is -0.493 e. The summed E-state index contributed by atoms with van der Waals surface area (Å²) < 4.78 is 57.1. The van der Waals surface area contributed by atoms with E-state index in [2.05, 4.69) is 25.3 Å². The maximum Gasteiger partial charge on any atom is 0.422 e. The van der Waals surface area contributed by atoms with Gasteiger partial charge in [0.1, 0.15) is 0 Å². The first-order chi connectivity index (χ1) is 14.8. The molecule has 0 saturated heterocycles. The van der Waals surface area contributed by atoms with Crippen LogP contribution in [0.15, 0.2) is 35.5 Å². The zero-order chi connectivity index (χ0) is 22.9. The van der Waals surface area contributed by atoms with E-state index in [-0.39, 0.29) is 5.88 Å². The Balaban J connectivity index is 1.92. The van der Waals surface area contributed by atoms with E-state index in [1.807, 2.05) is 12.1 Å². The summed E-state index contributed by atoms with van der Waals surface area (Å²) in [6, 6.07) is 6.66. The monoisotopic (exact) mass is 442 g/mol. The van der Waals surface area contributed by atoms with E-state index in [9.17, 15) is 13.2 Å². The molecular weight excluding hydrogens is 417 g/mol. The number of aromatic nitrogens is 1. The van der Waals surface area contributed by atoms with Crippen LogP contribution >= 0.6 is 0 Å². The highest BCUT2D eigenvalue weighted by Crippen LogP contribution is 2.38. The van der Waals surface area contributed by atoms with Crippen molar-refractivity contribution >= 4 is 5.96 Å². The number of ether oxygens (including phenoxy) is 4. The summed E-state index contributed by atoms with van der Waals surface area (Å²) >= 11 is 0. The summed E-state index contributed by atoms with van der Waals surface area (Å²) in [5, 5.41) is 6.26. The molecule has 2 rings (SSSR count). The molecule has 8 nitrogen and oxygen atoms in total. The van der Waals surface area contributed by atoms with E-state index in [1.54, 1.807) is 27.3 Å². The van der Waals surface area contributed by atoms with Gasteiger partial charge >= 0.3 is 6.18 Å². The average Bonchev–Trinajstić information content (AvgIpc) is 2.77. The molecule has 11 heteroatoms. The molecule has 0 radical (unpaired) electrons. The molecule has 0 fully saturated rings. The van der Waals surface area contributed by atoms with Crippen molar-refractivity contribution in [3.05, 3.63) is 41.6 Å². The van der Waals surface area contributed by atoms with Crippen molar-refractivity contribution in [1.29, 1.82) is 0 Å². The molecule has 1 aromatic carbocycles. The minimum atomic E-state index is -4.40. The number of aliphatic imine (C=N–C) groups is 1. The molecule has 0 amide bonds. The van der Waals surface area contributed by atoms with E-state index >= 15 is 0 Å². The first-order valence-electron chi connectivity index (χ1n) is 9.17. The number of hydrogen-bond acceptors (Lipinski definition) is 6. The lowest BCUT2D eigenvalue weighted by Crippen LogP contribution is -2.36. The van der Waals surface area contributed by atoms with Crippen molar-refractivity contribution in [3.8, 4) is 23.1 Å². The van der Waals surface area contributed by atoms with Crippen molar-refractivity contribution < 1.29 is 32.1 Å². The van der Waals surface area contributed by atoms with Gasteiger partial charge in [-0.2, -0.15) is 13.2 Å². The van der Waals surface area contributed by atoms with Gasteiger partial charge in [0.25, 0.3) is 0 Å². The molecule has 31 heavy (non-hydrogen) atoms. The molecule has 0 aliphatic carbocycles. The van der Waals surface area contributed by atoms with Crippen molar-refractivity contribution in [2.45, 2.75) is 19.3 Å². The van der Waals surface area contributed by atoms with Crippen molar-refractivity contribution in [2.24, 2.45) is 4.99 Å². The third-order valence-electron chi connectivity index (χ3n) is 4.05. The van der Waals surface area contributed by atoms with Crippen molar-refractivity contribution in [3.63, 3.8) is 0 Å².